The summed E-state index contributed by atoms with van der Waals surface area (Å²) >= 11 is 5.41. The molecule has 80 valence electrons. The third-order valence-electron chi connectivity index (χ3n) is 1.72. The number of alkyl halides is 1. The van der Waals surface area contributed by atoms with Gasteiger partial charge < -0.3 is 4.90 Å². The van der Waals surface area contributed by atoms with E-state index in [1.165, 1.54) is 0 Å². The Morgan fingerprint density at radius 3 is 2.79 bits per heavy atom. The van der Waals surface area contributed by atoms with E-state index in [2.05, 4.69) is 5.10 Å². The van der Waals surface area contributed by atoms with Gasteiger partial charge in [-0.2, -0.15) is 5.10 Å². The highest BCUT2D eigenvalue weighted by atomic mass is 35.5. The average molecular weight is 238 g/mol. The lowest BCUT2D eigenvalue weighted by Gasteiger charge is -2.13. The largest absolute Gasteiger partial charge is 0.340 e. The summed E-state index contributed by atoms with van der Waals surface area (Å²) in [4.78, 5) is 12.7. The molecule has 0 aliphatic carbocycles. The predicted molar refractivity (Wildman–Crippen MR) is 57.7 cm³/mol. The molecule has 0 fully saturated rings. The zero-order chi connectivity index (χ0) is 9.84. The summed E-state index contributed by atoms with van der Waals surface area (Å²) in [5, 5.41) is 4.00. The lowest BCUT2D eigenvalue weighted by Crippen LogP contribution is -2.26. The smallest absolute Gasteiger partial charge is 0.237 e. The Kier molecular flexibility index (Phi) is 5.57. The van der Waals surface area contributed by atoms with Crippen molar-refractivity contribution in [1.29, 1.82) is 0 Å². The van der Waals surface area contributed by atoms with Crippen LogP contribution in [0.2, 0.25) is 0 Å². The van der Waals surface area contributed by atoms with Crippen LogP contribution in [0, 0.1) is 0 Å². The number of aryl methyl sites for hydroxylation is 1. The summed E-state index contributed by atoms with van der Waals surface area (Å²) in [5.41, 5.74) is 1.00. The number of hydrogen-bond donors (Lipinski definition) is 0. The van der Waals surface area contributed by atoms with E-state index in [0.29, 0.717) is 6.54 Å². The van der Waals surface area contributed by atoms with Crippen LogP contribution < -0.4 is 0 Å². The third kappa shape index (κ3) is 3.55. The summed E-state index contributed by atoms with van der Waals surface area (Å²) < 4.78 is 1.70. The van der Waals surface area contributed by atoms with E-state index in [0.717, 1.165) is 5.56 Å². The Morgan fingerprint density at radius 1 is 1.71 bits per heavy atom. The third-order valence-corrected chi connectivity index (χ3v) is 1.95. The number of carbonyl (C=O) groups is 1. The van der Waals surface area contributed by atoms with Crippen LogP contribution in [0.1, 0.15) is 5.56 Å². The Morgan fingerprint density at radius 2 is 2.36 bits per heavy atom. The number of carbonyl (C=O) groups excluding carboxylic acids is 1. The number of aromatic nitrogens is 2. The van der Waals surface area contributed by atoms with Gasteiger partial charge in [0.2, 0.25) is 5.91 Å². The van der Waals surface area contributed by atoms with E-state index in [4.69, 9.17) is 11.6 Å². The number of amides is 1. The molecule has 14 heavy (non-hydrogen) atoms. The molecule has 0 saturated carbocycles. The Hall–Kier alpha value is -0.740. The van der Waals surface area contributed by atoms with Gasteiger partial charge in [-0.25, -0.2) is 0 Å². The van der Waals surface area contributed by atoms with Gasteiger partial charge in [-0.05, 0) is 0 Å². The van der Waals surface area contributed by atoms with Gasteiger partial charge >= 0.3 is 0 Å². The Bertz CT molecular complexity index is 301. The van der Waals surface area contributed by atoms with E-state index >= 15 is 0 Å². The summed E-state index contributed by atoms with van der Waals surface area (Å²) in [6, 6.07) is 0. The number of hydrogen-bond acceptors (Lipinski definition) is 2. The molecule has 0 spiro atoms. The van der Waals surface area contributed by atoms with Crippen molar-refractivity contribution in [2.75, 3.05) is 12.9 Å². The Labute approximate surface area is 94.2 Å². The standard InChI is InChI=1S/C8H12ClN3O.ClH/c1-11(8(13)3-9)5-7-4-10-12(2)6-7;/h4,6H,3,5H2,1-2H3;1H. The minimum atomic E-state index is -0.0782. The molecule has 6 heteroatoms. The number of halogens is 2. The number of nitrogens with zero attached hydrogens (tertiary/aromatic N) is 3. The highest BCUT2D eigenvalue weighted by molar-refractivity contribution is 6.27. The van der Waals surface area contributed by atoms with Gasteiger partial charge in [-0.15, -0.1) is 24.0 Å². The quantitative estimate of drug-likeness (QED) is 0.738. The highest BCUT2D eigenvalue weighted by Gasteiger charge is 2.07. The van der Waals surface area contributed by atoms with Gasteiger partial charge in [0.1, 0.15) is 5.88 Å². The van der Waals surface area contributed by atoms with E-state index in [1.54, 1.807) is 22.8 Å². The van der Waals surface area contributed by atoms with Crippen molar-refractivity contribution < 1.29 is 4.79 Å². The molecule has 0 aliphatic heterocycles. The van der Waals surface area contributed by atoms with Gasteiger partial charge in [0.25, 0.3) is 0 Å². The van der Waals surface area contributed by atoms with Crippen LogP contribution in [0.4, 0.5) is 0 Å². The molecule has 0 aromatic carbocycles. The van der Waals surface area contributed by atoms with Crippen molar-refractivity contribution in [1.82, 2.24) is 14.7 Å². The lowest BCUT2D eigenvalue weighted by molar-refractivity contribution is -0.127. The molecule has 1 amide bonds. The second kappa shape index (κ2) is 5.88. The van der Waals surface area contributed by atoms with Gasteiger partial charge in [0.15, 0.2) is 0 Å². The lowest BCUT2D eigenvalue weighted by atomic mass is 10.3. The van der Waals surface area contributed by atoms with Crippen LogP contribution in [-0.4, -0.2) is 33.5 Å². The molecule has 1 rings (SSSR count). The maximum atomic E-state index is 11.1. The topological polar surface area (TPSA) is 38.1 Å². The van der Waals surface area contributed by atoms with Gasteiger partial charge in [0, 0.05) is 32.4 Å². The maximum Gasteiger partial charge on any atom is 0.237 e. The SMILES string of the molecule is CN(Cc1cnn(C)c1)C(=O)CCl.Cl. The van der Waals surface area contributed by atoms with E-state index in [9.17, 15) is 4.79 Å². The van der Waals surface area contributed by atoms with E-state index in [-0.39, 0.29) is 24.2 Å². The molecule has 1 heterocycles. The van der Waals surface area contributed by atoms with Crippen molar-refractivity contribution in [2.45, 2.75) is 6.54 Å². The molecule has 0 bridgehead atoms. The van der Waals surface area contributed by atoms with Crippen LogP contribution in [0.15, 0.2) is 12.4 Å². The molecule has 0 N–H and O–H groups in total. The molecular formula is C8H13Cl2N3O. The van der Waals surface area contributed by atoms with Crippen LogP contribution in [0.3, 0.4) is 0 Å². The molecule has 0 radical (unpaired) electrons. The first kappa shape index (κ1) is 13.3. The summed E-state index contributed by atoms with van der Waals surface area (Å²) in [6.45, 7) is 0.555. The highest BCUT2D eigenvalue weighted by Crippen LogP contribution is 2.01. The second-order valence-corrected chi connectivity index (χ2v) is 3.17. The molecule has 0 unspecified atom stereocenters. The zero-order valence-electron chi connectivity index (χ0n) is 8.11. The second-order valence-electron chi connectivity index (χ2n) is 2.91. The van der Waals surface area contributed by atoms with Crippen molar-refractivity contribution in [3.05, 3.63) is 18.0 Å². The average Bonchev–Trinajstić information content (AvgIpc) is 2.49. The summed E-state index contributed by atoms with van der Waals surface area (Å²) in [5.74, 6) is -0.0537. The molecule has 1 aromatic heterocycles. The van der Waals surface area contributed by atoms with Crippen LogP contribution in [-0.2, 0) is 18.4 Å². The fraction of sp³-hybridized carbons (Fsp3) is 0.500. The minimum Gasteiger partial charge on any atom is -0.340 e. The van der Waals surface area contributed by atoms with Gasteiger partial charge in [0.05, 0.1) is 6.20 Å². The first-order chi connectivity index (χ1) is 6.13. The fourth-order valence-electron chi connectivity index (χ4n) is 1.02. The van der Waals surface area contributed by atoms with Crippen molar-refractivity contribution in [3.8, 4) is 0 Å². The zero-order valence-corrected chi connectivity index (χ0v) is 9.68. The maximum absolute atomic E-state index is 11.1. The normalized spacial score (nSPS) is 9.36. The summed E-state index contributed by atoms with van der Waals surface area (Å²) in [7, 11) is 3.56. The van der Waals surface area contributed by atoms with Crippen LogP contribution in [0.25, 0.3) is 0 Å². The van der Waals surface area contributed by atoms with Crippen molar-refractivity contribution in [2.24, 2.45) is 7.05 Å². The monoisotopic (exact) mass is 237 g/mol. The van der Waals surface area contributed by atoms with Crippen molar-refractivity contribution >= 4 is 29.9 Å². The predicted octanol–water partition coefficient (Wildman–Crippen LogP) is 1.04. The Balaban J connectivity index is 0.00000169. The summed E-state index contributed by atoms with van der Waals surface area (Å²) in [6.07, 6.45) is 3.61. The molecule has 0 aliphatic rings. The molecule has 0 atom stereocenters. The van der Waals surface area contributed by atoms with Crippen LogP contribution >= 0.6 is 24.0 Å². The van der Waals surface area contributed by atoms with Gasteiger partial charge in [-0.3, -0.25) is 9.48 Å². The molecule has 0 saturated heterocycles. The first-order valence-corrected chi connectivity index (χ1v) is 4.44. The van der Waals surface area contributed by atoms with Gasteiger partial charge in [-0.1, -0.05) is 0 Å². The fourth-order valence-corrected chi connectivity index (χ4v) is 1.22. The van der Waals surface area contributed by atoms with Crippen molar-refractivity contribution in [3.63, 3.8) is 0 Å². The van der Waals surface area contributed by atoms with E-state index in [1.807, 2.05) is 13.2 Å². The molecule has 1 aromatic rings. The first-order valence-electron chi connectivity index (χ1n) is 3.91. The molecule has 4 nitrogen and oxygen atoms in total. The number of rotatable bonds is 3. The van der Waals surface area contributed by atoms with E-state index < -0.39 is 0 Å². The molecular weight excluding hydrogens is 225 g/mol. The minimum absolute atomic E-state index is 0. The van der Waals surface area contributed by atoms with Crippen LogP contribution in [0.5, 0.6) is 0 Å².